The van der Waals surface area contributed by atoms with Gasteiger partial charge in [-0.05, 0) is 12.1 Å². The van der Waals surface area contributed by atoms with Crippen LogP contribution in [0.3, 0.4) is 0 Å². The van der Waals surface area contributed by atoms with E-state index in [0.29, 0.717) is 12.1 Å². The Morgan fingerprint density at radius 1 is 1.41 bits per heavy atom. The van der Waals surface area contributed by atoms with Crippen LogP contribution in [0, 0.1) is 11.6 Å². The predicted molar refractivity (Wildman–Crippen MR) is 61.5 cm³/mol. The molecule has 0 aliphatic carbocycles. The van der Waals surface area contributed by atoms with Gasteiger partial charge in [0.15, 0.2) is 21.5 Å². The van der Waals surface area contributed by atoms with Crippen LogP contribution in [0.1, 0.15) is 0 Å². The predicted octanol–water partition coefficient (Wildman–Crippen LogP) is 1.60. The average molecular weight is 283 g/mol. The molecule has 0 bridgehead atoms. The molecule has 0 aliphatic heterocycles. The van der Waals surface area contributed by atoms with Crippen LogP contribution in [0.25, 0.3) is 0 Å². The number of rotatable bonds is 3. The van der Waals surface area contributed by atoms with Crippen LogP contribution >= 0.6 is 11.6 Å². The molecular formula is C9H9ClF2N2O2S. The molecule has 0 heterocycles. The first kappa shape index (κ1) is 13.9. The molecule has 1 aromatic rings. The second-order valence-corrected chi connectivity index (χ2v) is 5.53. The van der Waals surface area contributed by atoms with Gasteiger partial charge < -0.3 is 5.73 Å². The van der Waals surface area contributed by atoms with Crippen LogP contribution < -0.4 is 5.73 Å². The molecule has 0 radical (unpaired) electrons. The minimum atomic E-state index is -3.68. The van der Waals surface area contributed by atoms with E-state index in [9.17, 15) is 17.2 Å². The van der Waals surface area contributed by atoms with Crippen molar-refractivity contribution in [1.82, 2.24) is 0 Å². The minimum absolute atomic E-state index is 0.170. The van der Waals surface area contributed by atoms with Gasteiger partial charge in [-0.25, -0.2) is 22.2 Å². The summed E-state index contributed by atoms with van der Waals surface area (Å²) in [6.07, 6.45) is 0.845. The fraction of sp³-hybridized carbons (Fsp3) is 0.222. The summed E-state index contributed by atoms with van der Waals surface area (Å²) in [6, 6.07) is 1.36. The first-order chi connectivity index (χ1) is 7.75. The fourth-order valence-corrected chi connectivity index (χ4v) is 1.73. The molecule has 0 spiro atoms. The van der Waals surface area contributed by atoms with Crippen molar-refractivity contribution in [3.05, 3.63) is 23.8 Å². The Kier molecular flexibility index (Phi) is 4.05. The van der Waals surface area contributed by atoms with Crippen molar-refractivity contribution in [1.29, 1.82) is 0 Å². The molecule has 0 aromatic heterocycles. The maximum atomic E-state index is 13.4. The van der Waals surface area contributed by atoms with Gasteiger partial charge in [0, 0.05) is 6.26 Å². The summed E-state index contributed by atoms with van der Waals surface area (Å²) in [6.45, 7) is 0. The molecule has 1 aromatic carbocycles. The quantitative estimate of drug-likeness (QED) is 0.520. The van der Waals surface area contributed by atoms with Gasteiger partial charge in [0.1, 0.15) is 11.5 Å². The van der Waals surface area contributed by atoms with E-state index in [1.807, 2.05) is 0 Å². The Morgan fingerprint density at radius 2 is 1.88 bits per heavy atom. The molecule has 0 amide bonds. The fourth-order valence-electron chi connectivity index (χ4n) is 1.04. The zero-order chi connectivity index (χ0) is 13.2. The molecule has 0 saturated heterocycles. The molecule has 0 atom stereocenters. The van der Waals surface area contributed by atoms with E-state index >= 15 is 0 Å². The van der Waals surface area contributed by atoms with Crippen LogP contribution in [0.4, 0.5) is 14.5 Å². The van der Waals surface area contributed by atoms with E-state index < -0.39 is 32.1 Å². The first-order valence-corrected chi connectivity index (χ1v) is 6.76. The molecular weight excluding hydrogens is 274 g/mol. The maximum Gasteiger partial charge on any atom is 0.175 e. The highest BCUT2D eigenvalue weighted by atomic mass is 35.5. The number of amidine groups is 1. The SMILES string of the molecule is CS(=O)(=O)c1cc(F)c(N=C(N)CCl)c(F)c1. The van der Waals surface area contributed by atoms with Gasteiger partial charge in [-0.1, -0.05) is 0 Å². The average Bonchev–Trinajstić information content (AvgIpc) is 2.21. The summed E-state index contributed by atoms with van der Waals surface area (Å²) in [5, 5.41) is 0. The molecule has 0 aliphatic rings. The lowest BCUT2D eigenvalue weighted by Crippen LogP contribution is -2.12. The number of halogens is 3. The largest absolute Gasteiger partial charge is 0.386 e. The topological polar surface area (TPSA) is 72.5 Å². The summed E-state index contributed by atoms with van der Waals surface area (Å²) in [5.74, 6) is -2.58. The van der Waals surface area contributed by atoms with Crippen molar-refractivity contribution in [2.24, 2.45) is 10.7 Å². The summed E-state index contributed by atoms with van der Waals surface area (Å²) in [7, 11) is -3.68. The normalized spacial score (nSPS) is 12.8. The van der Waals surface area contributed by atoms with E-state index in [0.717, 1.165) is 6.26 Å². The Bertz CT molecular complexity index is 549. The molecule has 4 nitrogen and oxygen atoms in total. The number of benzene rings is 1. The molecule has 8 heteroatoms. The third kappa shape index (κ3) is 3.37. The van der Waals surface area contributed by atoms with Gasteiger partial charge >= 0.3 is 0 Å². The van der Waals surface area contributed by atoms with Gasteiger partial charge in [0.05, 0.1) is 10.8 Å². The van der Waals surface area contributed by atoms with Crippen molar-refractivity contribution in [3.63, 3.8) is 0 Å². The third-order valence-electron chi connectivity index (χ3n) is 1.81. The monoisotopic (exact) mass is 282 g/mol. The highest BCUT2D eigenvalue weighted by Gasteiger charge is 2.16. The van der Waals surface area contributed by atoms with E-state index in [1.54, 1.807) is 0 Å². The Morgan fingerprint density at radius 3 is 2.24 bits per heavy atom. The molecule has 94 valence electrons. The van der Waals surface area contributed by atoms with Crippen LogP contribution in [0.2, 0.25) is 0 Å². The number of nitrogens with zero attached hydrogens (tertiary/aromatic N) is 1. The van der Waals surface area contributed by atoms with Crippen LogP contribution in [0.15, 0.2) is 22.0 Å². The zero-order valence-corrected chi connectivity index (χ0v) is 10.3. The second-order valence-electron chi connectivity index (χ2n) is 3.24. The van der Waals surface area contributed by atoms with Gasteiger partial charge in [0.2, 0.25) is 0 Å². The smallest absolute Gasteiger partial charge is 0.175 e. The van der Waals surface area contributed by atoms with Crippen LogP contribution in [0.5, 0.6) is 0 Å². The number of aliphatic imine (C=N–C) groups is 1. The first-order valence-electron chi connectivity index (χ1n) is 4.34. The van der Waals surface area contributed by atoms with Crippen molar-refractivity contribution >= 4 is 33.0 Å². The third-order valence-corrected chi connectivity index (χ3v) is 3.18. The van der Waals surface area contributed by atoms with E-state index in [1.165, 1.54) is 0 Å². The van der Waals surface area contributed by atoms with E-state index in [4.69, 9.17) is 17.3 Å². The number of alkyl halides is 1. The Balaban J connectivity index is 3.40. The maximum absolute atomic E-state index is 13.4. The number of sulfone groups is 1. The zero-order valence-electron chi connectivity index (χ0n) is 8.75. The van der Waals surface area contributed by atoms with Crippen molar-refractivity contribution in [2.45, 2.75) is 4.90 Å². The Labute approximate surface area is 102 Å². The molecule has 0 saturated carbocycles. The summed E-state index contributed by atoms with van der Waals surface area (Å²) in [4.78, 5) is 2.96. The Hall–Kier alpha value is -1.21. The lowest BCUT2D eigenvalue weighted by atomic mass is 10.3. The van der Waals surface area contributed by atoms with Crippen molar-refractivity contribution < 1.29 is 17.2 Å². The number of hydrogen-bond donors (Lipinski definition) is 1. The second kappa shape index (κ2) is 4.97. The number of nitrogens with two attached hydrogens (primary N) is 1. The minimum Gasteiger partial charge on any atom is -0.386 e. The summed E-state index contributed by atoms with van der Waals surface area (Å²) in [5.41, 5.74) is 4.58. The van der Waals surface area contributed by atoms with E-state index in [2.05, 4.69) is 4.99 Å². The van der Waals surface area contributed by atoms with Gasteiger partial charge in [-0.15, -0.1) is 11.6 Å². The molecule has 2 N–H and O–H groups in total. The van der Waals surface area contributed by atoms with Gasteiger partial charge in [-0.3, -0.25) is 0 Å². The molecule has 0 unspecified atom stereocenters. The lowest BCUT2D eigenvalue weighted by Gasteiger charge is -2.04. The highest BCUT2D eigenvalue weighted by molar-refractivity contribution is 7.90. The van der Waals surface area contributed by atoms with Crippen molar-refractivity contribution in [2.75, 3.05) is 12.1 Å². The van der Waals surface area contributed by atoms with Gasteiger partial charge in [0.25, 0.3) is 0 Å². The molecule has 0 fully saturated rings. The van der Waals surface area contributed by atoms with E-state index in [-0.39, 0.29) is 11.7 Å². The van der Waals surface area contributed by atoms with Crippen LogP contribution in [-0.2, 0) is 9.84 Å². The van der Waals surface area contributed by atoms with Crippen molar-refractivity contribution in [3.8, 4) is 0 Å². The summed E-state index contributed by atoms with van der Waals surface area (Å²) < 4.78 is 49.1. The standard InChI is InChI=1S/C9H9ClF2N2O2S/c1-17(15,16)5-2-6(11)9(7(12)3-5)14-8(13)4-10/h2-3H,4H2,1H3,(H2,13,14). The van der Waals surface area contributed by atoms with Crippen LogP contribution in [-0.4, -0.2) is 26.4 Å². The molecule has 17 heavy (non-hydrogen) atoms. The molecule has 1 rings (SSSR count). The highest BCUT2D eigenvalue weighted by Crippen LogP contribution is 2.25. The van der Waals surface area contributed by atoms with Gasteiger partial charge in [-0.2, -0.15) is 0 Å². The number of hydrogen-bond acceptors (Lipinski definition) is 3. The lowest BCUT2D eigenvalue weighted by molar-refractivity contribution is 0.572. The summed E-state index contributed by atoms with van der Waals surface area (Å²) >= 11 is 5.31.